The van der Waals surface area contributed by atoms with E-state index in [0.29, 0.717) is 10.6 Å². The number of aryl methyl sites for hydroxylation is 1. The van der Waals surface area contributed by atoms with Gasteiger partial charge in [-0.25, -0.2) is 0 Å². The van der Waals surface area contributed by atoms with Crippen LogP contribution in [0, 0.1) is 6.92 Å². The van der Waals surface area contributed by atoms with E-state index >= 15 is 0 Å². The van der Waals surface area contributed by atoms with E-state index < -0.39 is 0 Å². The van der Waals surface area contributed by atoms with Crippen LogP contribution in [0.4, 0.5) is 0 Å². The van der Waals surface area contributed by atoms with Crippen molar-refractivity contribution in [3.8, 4) is 0 Å². The normalized spacial score (nSPS) is 11.9. The summed E-state index contributed by atoms with van der Waals surface area (Å²) >= 11 is 10.6. The van der Waals surface area contributed by atoms with Gasteiger partial charge in [-0.2, -0.15) is 0 Å². The van der Waals surface area contributed by atoms with Crippen LogP contribution >= 0.6 is 23.8 Å². The van der Waals surface area contributed by atoms with Gasteiger partial charge in [0.1, 0.15) is 0 Å². The topological polar surface area (TPSA) is 55.1 Å². The first kappa shape index (κ1) is 12.9. The molecule has 0 radical (unpaired) electrons. The van der Waals surface area contributed by atoms with Crippen LogP contribution in [0.15, 0.2) is 18.2 Å². The van der Waals surface area contributed by atoms with Crippen molar-refractivity contribution in [2.24, 2.45) is 5.73 Å². The Kier molecular flexibility index (Phi) is 4.26. The van der Waals surface area contributed by atoms with Gasteiger partial charge >= 0.3 is 0 Å². The second-order valence-electron chi connectivity index (χ2n) is 3.56. The smallest absolute Gasteiger partial charge is 0.252 e. The van der Waals surface area contributed by atoms with Crippen LogP contribution < -0.4 is 11.1 Å². The molecule has 16 heavy (non-hydrogen) atoms. The highest BCUT2D eigenvalue weighted by Gasteiger charge is 2.13. The molecule has 0 aliphatic carbocycles. The molecule has 1 aromatic carbocycles. The van der Waals surface area contributed by atoms with E-state index in [2.05, 4.69) is 5.32 Å². The molecule has 0 aromatic heterocycles. The molecular formula is C11H13ClN2OS. The molecule has 86 valence electrons. The van der Waals surface area contributed by atoms with Gasteiger partial charge in [-0.05, 0) is 37.6 Å². The van der Waals surface area contributed by atoms with Crippen molar-refractivity contribution in [3.63, 3.8) is 0 Å². The molecule has 1 rings (SSSR count). The maximum absolute atomic E-state index is 11.8. The lowest BCUT2D eigenvalue weighted by atomic mass is 10.1. The van der Waals surface area contributed by atoms with E-state index in [9.17, 15) is 4.79 Å². The minimum atomic E-state index is -0.322. The Morgan fingerprint density at radius 1 is 1.56 bits per heavy atom. The van der Waals surface area contributed by atoms with Crippen molar-refractivity contribution >= 4 is 34.7 Å². The van der Waals surface area contributed by atoms with Crippen molar-refractivity contribution in [3.05, 3.63) is 34.3 Å². The maximum atomic E-state index is 11.8. The molecule has 0 fully saturated rings. The Labute approximate surface area is 105 Å². The Morgan fingerprint density at radius 3 is 2.69 bits per heavy atom. The molecule has 1 atom stereocenters. The first-order valence-corrected chi connectivity index (χ1v) is 5.56. The molecule has 1 amide bonds. The number of nitrogens with one attached hydrogen (secondary N) is 1. The molecule has 0 saturated heterocycles. The summed E-state index contributed by atoms with van der Waals surface area (Å²) in [5.41, 5.74) is 6.82. The fourth-order valence-electron chi connectivity index (χ4n) is 1.23. The zero-order chi connectivity index (χ0) is 12.3. The van der Waals surface area contributed by atoms with Crippen LogP contribution in [0.1, 0.15) is 22.8 Å². The Bertz CT molecular complexity index is 434. The molecule has 0 spiro atoms. The SMILES string of the molecule is Cc1cc(Cl)ccc1C(=O)NC(C)C(N)=S. The summed E-state index contributed by atoms with van der Waals surface area (Å²) in [6.07, 6.45) is 0. The van der Waals surface area contributed by atoms with E-state index in [1.54, 1.807) is 25.1 Å². The molecule has 1 aromatic rings. The van der Waals surface area contributed by atoms with Crippen LogP contribution in [-0.4, -0.2) is 16.9 Å². The number of amides is 1. The molecule has 3 nitrogen and oxygen atoms in total. The monoisotopic (exact) mass is 256 g/mol. The van der Waals surface area contributed by atoms with Gasteiger partial charge in [0.2, 0.25) is 0 Å². The minimum Gasteiger partial charge on any atom is -0.392 e. The number of halogens is 1. The van der Waals surface area contributed by atoms with E-state index in [4.69, 9.17) is 29.6 Å². The van der Waals surface area contributed by atoms with Gasteiger partial charge in [0, 0.05) is 10.6 Å². The number of benzene rings is 1. The highest BCUT2D eigenvalue weighted by atomic mass is 35.5. The molecule has 0 aliphatic rings. The Balaban J connectivity index is 2.85. The number of thiocarbonyl (C=S) groups is 1. The first-order chi connectivity index (χ1) is 7.41. The third kappa shape index (κ3) is 3.18. The number of hydrogen-bond acceptors (Lipinski definition) is 2. The summed E-state index contributed by atoms with van der Waals surface area (Å²) < 4.78 is 0. The predicted octanol–water partition coefficient (Wildman–Crippen LogP) is 2.05. The lowest BCUT2D eigenvalue weighted by molar-refractivity contribution is 0.0949. The summed E-state index contributed by atoms with van der Waals surface area (Å²) in [6, 6.07) is 4.77. The highest BCUT2D eigenvalue weighted by molar-refractivity contribution is 7.80. The Morgan fingerprint density at radius 2 is 2.19 bits per heavy atom. The van der Waals surface area contributed by atoms with Crippen molar-refractivity contribution in [2.45, 2.75) is 19.9 Å². The van der Waals surface area contributed by atoms with Gasteiger partial charge < -0.3 is 11.1 Å². The van der Waals surface area contributed by atoms with Gasteiger partial charge in [-0.3, -0.25) is 4.79 Å². The van der Waals surface area contributed by atoms with E-state index in [1.165, 1.54) is 0 Å². The summed E-state index contributed by atoms with van der Waals surface area (Å²) in [5, 5.41) is 3.32. The summed E-state index contributed by atoms with van der Waals surface area (Å²) in [6.45, 7) is 3.57. The van der Waals surface area contributed by atoms with Crippen molar-refractivity contribution in [2.75, 3.05) is 0 Å². The molecule has 1 unspecified atom stereocenters. The number of hydrogen-bond donors (Lipinski definition) is 2. The van der Waals surface area contributed by atoms with E-state index in [1.807, 2.05) is 6.92 Å². The van der Waals surface area contributed by atoms with E-state index in [0.717, 1.165) is 5.56 Å². The predicted molar refractivity (Wildman–Crippen MR) is 69.9 cm³/mol. The largest absolute Gasteiger partial charge is 0.392 e. The number of carbonyl (C=O) groups excluding carboxylic acids is 1. The van der Waals surface area contributed by atoms with Crippen LogP contribution in [0.25, 0.3) is 0 Å². The molecule has 0 saturated carbocycles. The summed E-state index contributed by atoms with van der Waals surface area (Å²) in [5.74, 6) is -0.200. The van der Waals surface area contributed by atoms with Crippen molar-refractivity contribution in [1.82, 2.24) is 5.32 Å². The second-order valence-corrected chi connectivity index (χ2v) is 4.46. The number of rotatable bonds is 3. The lowest BCUT2D eigenvalue weighted by Gasteiger charge is -2.13. The minimum absolute atomic E-state index is 0.200. The Hall–Kier alpha value is -1.13. The third-order valence-corrected chi connectivity index (χ3v) is 2.80. The average molecular weight is 257 g/mol. The fraction of sp³-hybridized carbons (Fsp3) is 0.273. The zero-order valence-corrected chi connectivity index (χ0v) is 10.7. The zero-order valence-electron chi connectivity index (χ0n) is 9.08. The second kappa shape index (κ2) is 5.27. The van der Waals surface area contributed by atoms with Gasteiger partial charge in [0.25, 0.3) is 5.91 Å². The highest BCUT2D eigenvalue weighted by Crippen LogP contribution is 2.15. The fourth-order valence-corrected chi connectivity index (χ4v) is 1.51. The quantitative estimate of drug-likeness (QED) is 0.814. The van der Waals surface area contributed by atoms with Crippen LogP contribution in [0.5, 0.6) is 0 Å². The first-order valence-electron chi connectivity index (χ1n) is 4.78. The van der Waals surface area contributed by atoms with Crippen LogP contribution in [0.3, 0.4) is 0 Å². The number of nitrogens with two attached hydrogens (primary N) is 1. The van der Waals surface area contributed by atoms with Crippen LogP contribution in [-0.2, 0) is 0 Å². The van der Waals surface area contributed by atoms with Gasteiger partial charge in [0.05, 0.1) is 11.0 Å². The van der Waals surface area contributed by atoms with Crippen molar-refractivity contribution < 1.29 is 4.79 Å². The third-order valence-electron chi connectivity index (χ3n) is 2.21. The standard InChI is InChI=1S/C11H13ClN2OS/c1-6-5-8(12)3-4-9(6)11(15)14-7(2)10(13)16/h3-5,7H,1-2H3,(H2,13,16)(H,14,15). The molecule has 0 bridgehead atoms. The van der Waals surface area contributed by atoms with Crippen LogP contribution in [0.2, 0.25) is 5.02 Å². The van der Waals surface area contributed by atoms with E-state index in [-0.39, 0.29) is 16.9 Å². The lowest BCUT2D eigenvalue weighted by Crippen LogP contribution is -2.41. The molecular weight excluding hydrogens is 244 g/mol. The molecule has 5 heteroatoms. The summed E-state index contributed by atoms with van der Waals surface area (Å²) in [4.78, 5) is 12.1. The summed E-state index contributed by atoms with van der Waals surface area (Å²) in [7, 11) is 0. The van der Waals surface area contributed by atoms with Gasteiger partial charge in [-0.1, -0.05) is 23.8 Å². The average Bonchev–Trinajstić information content (AvgIpc) is 2.16. The molecule has 0 aliphatic heterocycles. The van der Waals surface area contributed by atoms with Gasteiger partial charge in [-0.15, -0.1) is 0 Å². The van der Waals surface area contributed by atoms with Gasteiger partial charge in [0.15, 0.2) is 0 Å². The van der Waals surface area contributed by atoms with Crippen molar-refractivity contribution in [1.29, 1.82) is 0 Å². The molecule has 0 heterocycles. The number of carbonyl (C=O) groups is 1. The maximum Gasteiger partial charge on any atom is 0.252 e. The molecule has 3 N–H and O–H groups in total.